The maximum absolute atomic E-state index is 11.6. The van der Waals surface area contributed by atoms with Crippen LogP contribution >= 0.6 is 0 Å². The van der Waals surface area contributed by atoms with E-state index in [1.807, 2.05) is 0 Å². The lowest BCUT2D eigenvalue weighted by atomic mass is 9.90. The second-order valence-corrected chi connectivity index (χ2v) is 4.10. The highest BCUT2D eigenvalue weighted by Crippen LogP contribution is 2.21. The van der Waals surface area contributed by atoms with E-state index in [0.29, 0.717) is 6.04 Å². The number of carbonyl (C=O) groups excluding carboxylic acids is 1. The SMILES string of the molecule is O=C(NC1CCC1)C1C=CCCC1. The van der Waals surface area contributed by atoms with E-state index in [4.69, 9.17) is 0 Å². The van der Waals surface area contributed by atoms with Gasteiger partial charge in [0.1, 0.15) is 0 Å². The van der Waals surface area contributed by atoms with Crippen LogP contribution in [0.2, 0.25) is 0 Å². The summed E-state index contributed by atoms with van der Waals surface area (Å²) in [5.74, 6) is 0.412. The Bertz CT molecular complexity index is 218. The van der Waals surface area contributed by atoms with E-state index in [0.717, 1.165) is 12.8 Å². The van der Waals surface area contributed by atoms with Crippen molar-refractivity contribution >= 4 is 5.91 Å². The molecule has 1 fully saturated rings. The normalized spacial score (nSPS) is 28.2. The van der Waals surface area contributed by atoms with Crippen LogP contribution in [0.1, 0.15) is 38.5 Å². The average Bonchev–Trinajstić information content (AvgIpc) is 2.12. The summed E-state index contributed by atoms with van der Waals surface area (Å²) in [5.41, 5.74) is 0. The molecule has 0 heterocycles. The van der Waals surface area contributed by atoms with Crippen LogP contribution in [0.5, 0.6) is 0 Å². The third-order valence-corrected chi connectivity index (χ3v) is 3.04. The highest BCUT2D eigenvalue weighted by atomic mass is 16.1. The van der Waals surface area contributed by atoms with E-state index in [2.05, 4.69) is 17.5 Å². The van der Waals surface area contributed by atoms with Gasteiger partial charge in [-0.05, 0) is 38.5 Å². The average molecular weight is 179 g/mol. The molecule has 1 saturated carbocycles. The summed E-state index contributed by atoms with van der Waals surface area (Å²) in [4.78, 5) is 11.6. The fraction of sp³-hybridized carbons (Fsp3) is 0.727. The molecule has 0 spiro atoms. The number of nitrogens with one attached hydrogen (secondary N) is 1. The van der Waals surface area contributed by atoms with Crippen molar-refractivity contribution in [1.82, 2.24) is 5.32 Å². The van der Waals surface area contributed by atoms with Crippen molar-refractivity contribution in [3.63, 3.8) is 0 Å². The molecular formula is C11H17NO. The van der Waals surface area contributed by atoms with Crippen LogP contribution in [0, 0.1) is 5.92 Å². The summed E-state index contributed by atoms with van der Waals surface area (Å²) in [7, 11) is 0. The van der Waals surface area contributed by atoms with E-state index >= 15 is 0 Å². The van der Waals surface area contributed by atoms with Crippen molar-refractivity contribution in [3.05, 3.63) is 12.2 Å². The minimum absolute atomic E-state index is 0.161. The molecule has 1 unspecified atom stereocenters. The van der Waals surface area contributed by atoms with Crippen LogP contribution in [0.3, 0.4) is 0 Å². The Morgan fingerprint density at radius 3 is 2.62 bits per heavy atom. The van der Waals surface area contributed by atoms with Crippen molar-refractivity contribution in [1.29, 1.82) is 0 Å². The van der Waals surface area contributed by atoms with Gasteiger partial charge in [-0.15, -0.1) is 0 Å². The first kappa shape index (κ1) is 8.79. The Kier molecular flexibility index (Phi) is 2.67. The second-order valence-electron chi connectivity index (χ2n) is 4.10. The van der Waals surface area contributed by atoms with Crippen LogP contribution in [0.4, 0.5) is 0 Å². The molecule has 13 heavy (non-hydrogen) atoms. The van der Waals surface area contributed by atoms with Crippen molar-refractivity contribution in [2.75, 3.05) is 0 Å². The predicted molar refractivity (Wildman–Crippen MR) is 52.3 cm³/mol. The Morgan fingerprint density at radius 2 is 2.08 bits per heavy atom. The van der Waals surface area contributed by atoms with Crippen LogP contribution in [-0.4, -0.2) is 11.9 Å². The Morgan fingerprint density at radius 1 is 1.23 bits per heavy atom. The van der Waals surface area contributed by atoms with Gasteiger partial charge >= 0.3 is 0 Å². The summed E-state index contributed by atoms with van der Waals surface area (Å²) in [5, 5.41) is 3.10. The molecule has 0 aromatic heterocycles. The summed E-state index contributed by atoms with van der Waals surface area (Å²) < 4.78 is 0. The minimum Gasteiger partial charge on any atom is -0.353 e. The maximum Gasteiger partial charge on any atom is 0.227 e. The lowest BCUT2D eigenvalue weighted by Gasteiger charge is -2.28. The fourth-order valence-corrected chi connectivity index (χ4v) is 1.89. The van der Waals surface area contributed by atoms with E-state index in [1.54, 1.807) is 0 Å². The van der Waals surface area contributed by atoms with Gasteiger partial charge in [-0.2, -0.15) is 0 Å². The minimum atomic E-state index is 0.161. The van der Waals surface area contributed by atoms with Crippen molar-refractivity contribution < 1.29 is 4.79 Å². The molecule has 0 aliphatic heterocycles. The third kappa shape index (κ3) is 2.11. The predicted octanol–water partition coefficient (Wildman–Crippen LogP) is 2.01. The molecule has 2 aliphatic rings. The standard InChI is InChI=1S/C11H17NO/c13-11(12-10-7-4-8-10)9-5-2-1-3-6-9/h2,5,9-10H,1,3-4,6-8H2,(H,12,13). The Hall–Kier alpha value is -0.790. The summed E-state index contributed by atoms with van der Waals surface area (Å²) in [6.45, 7) is 0. The number of carbonyl (C=O) groups is 1. The first-order valence-electron chi connectivity index (χ1n) is 5.33. The fourth-order valence-electron chi connectivity index (χ4n) is 1.89. The van der Waals surface area contributed by atoms with Crippen molar-refractivity contribution in [2.24, 2.45) is 5.92 Å². The van der Waals surface area contributed by atoms with E-state index in [1.165, 1.54) is 25.7 Å². The molecule has 2 aliphatic carbocycles. The lowest BCUT2D eigenvalue weighted by Crippen LogP contribution is -2.42. The van der Waals surface area contributed by atoms with E-state index < -0.39 is 0 Å². The molecule has 0 saturated heterocycles. The third-order valence-electron chi connectivity index (χ3n) is 3.04. The summed E-state index contributed by atoms with van der Waals surface area (Å²) in [6, 6.07) is 0.489. The molecule has 1 amide bonds. The number of rotatable bonds is 2. The largest absolute Gasteiger partial charge is 0.353 e. The quantitative estimate of drug-likeness (QED) is 0.645. The van der Waals surface area contributed by atoms with Gasteiger partial charge < -0.3 is 5.32 Å². The van der Waals surface area contributed by atoms with Gasteiger partial charge in [-0.3, -0.25) is 4.79 Å². The van der Waals surface area contributed by atoms with Gasteiger partial charge in [-0.25, -0.2) is 0 Å². The lowest BCUT2D eigenvalue weighted by molar-refractivity contribution is -0.125. The molecule has 0 aromatic rings. The molecular weight excluding hydrogens is 162 g/mol. The summed E-state index contributed by atoms with van der Waals surface area (Å²) >= 11 is 0. The summed E-state index contributed by atoms with van der Waals surface area (Å²) in [6.07, 6.45) is 11.2. The molecule has 1 atom stereocenters. The number of allylic oxidation sites excluding steroid dienone is 1. The zero-order chi connectivity index (χ0) is 9.10. The highest BCUT2D eigenvalue weighted by molar-refractivity contribution is 5.80. The van der Waals surface area contributed by atoms with Crippen LogP contribution < -0.4 is 5.32 Å². The highest BCUT2D eigenvalue weighted by Gasteiger charge is 2.23. The molecule has 2 rings (SSSR count). The van der Waals surface area contributed by atoms with Crippen molar-refractivity contribution in [3.8, 4) is 0 Å². The first-order chi connectivity index (χ1) is 6.36. The van der Waals surface area contributed by atoms with Crippen molar-refractivity contribution in [2.45, 2.75) is 44.6 Å². The van der Waals surface area contributed by atoms with Gasteiger partial charge in [0.15, 0.2) is 0 Å². The number of hydrogen-bond donors (Lipinski definition) is 1. The zero-order valence-electron chi connectivity index (χ0n) is 7.96. The van der Waals surface area contributed by atoms with Gasteiger partial charge in [0.2, 0.25) is 5.91 Å². The Balaban J connectivity index is 1.81. The second kappa shape index (κ2) is 3.95. The van der Waals surface area contributed by atoms with Gasteiger partial charge in [-0.1, -0.05) is 12.2 Å². The van der Waals surface area contributed by atoms with Gasteiger partial charge in [0.25, 0.3) is 0 Å². The molecule has 72 valence electrons. The topological polar surface area (TPSA) is 29.1 Å². The van der Waals surface area contributed by atoms with E-state index in [-0.39, 0.29) is 11.8 Å². The molecule has 2 nitrogen and oxygen atoms in total. The molecule has 0 bridgehead atoms. The molecule has 2 heteroatoms. The monoisotopic (exact) mass is 179 g/mol. The van der Waals surface area contributed by atoms with Crippen LogP contribution in [0.15, 0.2) is 12.2 Å². The first-order valence-corrected chi connectivity index (χ1v) is 5.33. The zero-order valence-corrected chi connectivity index (χ0v) is 7.96. The van der Waals surface area contributed by atoms with Crippen LogP contribution in [-0.2, 0) is 4.79 Å². The van der Waals surface area contributed by atoms with E-state index in [9.17, 15) is 4.79 Å². The van der Waals surface area contributed by atoms with Crippen LogP contribution in [0.25, 0.3) is 0 Å². The number of hydrogen-bond acceptors (Lipinski definition) is 1. The maximum atomic E-state index is 11.6. The van der Waals surface area contributed by atoms with Gasteiger partial charge in [0.05, 0.1) is 5.92 Å². The Labute approximate surface area is 79.4 Å². The molecule has 0 radical (unpaired) electrons. The molecule has 1 N–H and O–H groups in total. The van der Waals surface area contributed by atoms with Gasteiger partial charge in [0, 0.05) is 6.04 Å². The number of amides is 1. The smallest absolute Gasteiger partial charge is 0.227 e. The molecule has 0 aromatic carbocycles.